The average Bonchev–Trinajstić information content (AvgIpc) is 3.03. The minimum Gasteiger partial charge on any atom is -0.441 e. The zero-order valence-electron chi connectivity index (χ0n) is 13.7. The SMILES string of the molecule is CCCCN(CC)C(=O)CCc1ncc(-c2ccccc2Cl)o1. The van der Waals surface area contributed by atoms with E-state index >= 15 is 0 Å². The number of oxazole rings is 1. The Hall–Kier alpha value is -1.81. The number of carbonyl (C=O) groups excluding carboxylic acids is 1. The molecule has 1 aromatic heterocycles. The van der Waals surface area contributed by atoms with Crippen LogP contribution in [0.4, 0.5) is 0 Å². The zero-order chi connectivity index (χ0) is 16.7. The van der Waals surface area contributed by atoms with Gasteiger partial charge in [0.05, 0.1) is 11.2 Å². The van der Waals surface area contributed by atoms with Crippen LogP contribution in [0.25, 0.3) is 11.3 Å². The van der Waals surface area contributed by atoms with E-state index in [0.29, 0.717) is 29.5 Å². The minimum atomic E-state index is 0.151. The molecule has 2 aromatic rings. The highest BCUT2D eigenvalue weighted by Gasteiger charge is 2.14. The lowest BCUT2D eigenvalue weighted by atomic mass is 10.2. The molecule has 0 fully saturated rings. The van der Waals surface area contributed by atoms with Gasteiger partial charge in [-0.3, -0.25) is 4.79 Å². The molecule has 1 heterocycles. The van der Waals surface area contributed by atoms with Crippen molar-refractivity contribution in [2.45, 2.75) is 39.5 Å². The van der Waals surface area contributed by atoms with Gasteiger partial charge in [-0.15, -0.1) is 0 Å². The Morgan fingerprint density at radius 1 is 1.30 bits per heavy atom. The summed E-state index contributed by atoms with van der Waals surface area (Å²) in [6.45, 7) is 5.70. The van der Waals surface area contributed by atoms with E-state index in [1.807, 2.05) is 36.1 Å². The Morgan fingerprint density at radius 2 is 2.09 bits per heavy atom. The molecule has 1 amide bonds. The van der Waals surface area contributed by atoms with Crippen molar-refractivity contribution in [2.24, 2.45) is 0 Å². The second kappa shape index (κ2) is 8.73. The van der Waals surface area contributed by atoms with Crippen LogP contribution in [0.15, 0.2) is 34.9 Å². The smallest absolute Gasteiger partial charge is 0.223 e. The number of hydrogen-bond donors (Lipinski definition) is 0. The molecule has 0 unspecified atom stereocenters. The van der Waals surface area contributed by atoms with E-state index in [2.05, 4.69) is 11.9 Å². The van der Waals surface area contributed by atoms with Crippen LogP contribution in [-0.4, -0.2) is 28.9 Å². The van der Waals surface area contributed by atoms with Crippen molar-refractivity contribution < 1.29 is 9.21 Å². The van der Waals surface area contributed by atoms with E-state index in [1.165, 1.54) is 0 Å². The van der Waals surface area contributed by atoms with Gasteiger partial charge in [-0.05, 0) is 25.5 Å². The van der Waals surface area contributed by atoms with Gasteiger partial charge < -0.3 is 9.32 Å². The normalized spacial score (nSPS) is 10.7. The van der Waals surface area contributed by atoms with Crippen LogP contribution in [0.2, 0.25) is 5.02 Å². The van der Waals surface area contributed by atoms with Crippen molar-refractivity contribution in [3.63, 3.8) is 0 Å². The van der Waals surface area contributed by atoms with Gasteiger partial charge in [-0.1, -0.05) is 37.1 Å². The number of hydrogen-bond acceptors (Lipinski definition) is 3. The second-order valence-electron chi connectivity index (χ2n) is 5.43. The second-order valence-corrected chi connectivity index (χ2v) is 5.83. The molecule has 0 N–H and O–H groups in total. The fourth-order valence-corrected chi connectivity index (χ4v) is 2.62. The molecule has 0 aliphatic carbocycles. The van der Waals surface area contributed by atoms with E-state index in [0.717, 1.165) is 31.5 Å². The third-order valence-corrected chi connectivity index (χ3v) is 4.09. The number of amides is 1. The molecule has 4 nitrogen and oxygen atoms in total. The Bertz CT molecular complexity index is 639. The molecular formula is C18H23ClN2O2. The van der Waals surface area contributed by atoms with Gasteiger partial charge in [0.1, 0.15) is 0 Å². The summed E-state index contributed by atoms with van der Waals surface area (Å²) in [4.78, 5) is 18.4. The molecule has 0 spiro atoms. The molecule has 124 valence electrons. The summed E-state index contributed by atoms with van der Waals surface area (Å²) < 4.78 is 5.73. The summed E-state index contributed by atoms with van der Waals surface area (Å²) in [5.41, 5.74) is 0.817. The first-order valence-corrected chi connectivity index (χ1v) is 8.50. The maximum atomic E-state index is 12.2. The summed E-state index contributed by atoms with van der Waals surface area (Å²) in [5.74, 6) is 1.36. The Kier molecular flexibility index (Phi) is 6.66. The third-order valence-electron chi connectivity index (χ3n) is 3.76. The fourth-order valence-electron chi connectivity index (χ4n) is 2.39. The number of halogens is 1. The van der Waals surface area contributed by atoms with Crippen LogP contribution in [0, 0.1) is 0 Å². The first-order chi connectivity index (χ1) is 11.2. The standard InChI is InChI=1S/C18H23ClN2O2/c1-3-5-12-21(4-2)18(22)11-10-17-20-13-16(23-17)14-8-6-7-9-15(14)19/h6-9,13H,3-5,10-12H2,1-2H3. The first-order valence-electron chi connectivity index (χ1n) is 8.13. The van der Waals surface area contributed by atoms with E-state index in [4.69, 9.17) is 16.0 Å². The van der Waals surface area contributed by atoms with Crippen LogP contribution in [0.3, 0.4) is 0 Å². The quantitative estimate of drug-likeness (QED) is 0.710. The van der Waals surface area contributed by atoms with Crippen LogP contribution in [0.1, 0.15) is 39.0 Å². The van der Waals surface area contributed by atoms with Crippen molar-refractivity contribution in [3.05, 3.63) is 41.4 Å². The summed E-state index contributed by atoms with van der Waals surface area (Å²) >= 11 is 6.16. The fraction of sp³-hybridized carbons (Fsp3) is 0.444. The third kappa shape index (κ3) is 4.83. The number of benzene rings is 1. The highest BCUT2D eigenvalue weighted by molar-refractivity contribution is 6.33. The maximum absolute atomic E-state index is 12.2. The maximum Gasteiger partial charge on any atom is 0.223 e. The molecule has 0 aliphatic heterocycles. The Balaban J connectivity index is 1.94. The molecule has 0 atom stereocenters. The number of nitrogens with zero attached hydrogens (tertiary/aromatic N) is 2. The Morgan fingerprint density at radius 3 is 2.78 bits per heavy atom. The summed E-state index contributed by atoms with van der Waals surface area (Å²) in [6.07, 6.45) is 4.71. The van der Waals surface area contributed by atoms with Crippen molar-refractivity contribution in [3.8, 4) is 11.3 Å². The summed E-state index contributed by atoms with van der Waals surface area (Å²) in [5, 5.41) is 0.628. The van der Waals surface area contributed by atoms with E-state index < -0.39 is 0 Å². The molecule has 2 rings (SSSR count). The molecule has 0 radical (unpaired) electrons. The lowest BCUT2D eigenvalue weighted by Crippen LogP contribution is -2.31. The van der Waals surface area contributed by atoms with Crippen molar-refractivity contribution in [1.29, 1.82) is 0 Å². The monoisotopic (exact) mass is 334 g/mol. The molecule has 5 heteroatoms. The van der Waals surface area contributed by atoms with E-state index in [-0.39, 0.29) is 5.91 Å². The lowest BCUT2D eigenvalue weighted by molar-refractivity contribution is -0.131. The van der Waals surface area contributed by atoms with Crippen LogP contribution < -0.4 is 0 Å². The molecule has 0 saturated carbocycles. The first kappa shape index (κ1) is 17.5. The Labute approximate surface area is 142 Å². The largest absolute Gasteiger partial charge is 0.441 e. The van der Waals surface area contributed by atoms with Gasteiger partial charge in [0, 0.05) is 31.5 Å². The van der Waals surface area contributed by atoms with Gasteiger partial charge in [-0.2, -0.15) is 0 Å². The molecule has 0 aliphatic rings. The molecule has 1 aromatic carbocycles. The number of aryl methyl sites for hydroxylation is 1. The van der Waals surface area contributed by atoms with Gasteiger partial charge in [0.2, 0.25) is 5.91 Å². The predicted octanol–water partition coefficient (Wildman–Crippen LogP) is 4.58. The highest BCUT2D eigenvalue weighted by Crippen LogP contribution is 2.28. The van der Waals surface area contributed by atoms with Crippen LogP contribution in [-0.2, 0) is 11.2 Å². The van der Waals surface area contributed by atoms with Gasteiger partial charge in [0.25, 0.3) is 0 Å². The summed E-state index contributed by atoms with van der Waals surface area (Å²) in [7, 11) is 0. The topological polar surface area (TPSA) is 46.3 Å². The van der Waals surface area contributed by atoms with Gasteiger partial charge >= 0.3 is 0 Å². The van der Waals surface area contributed by atoms with Crippen molar-refractivity contribution in [2.75, 3.05) is 13.1 Å². The van der Waals surface area contributed by atoms with E-state index in [1.54, 1.807) is 6.20 Å². The number of aromatic nitrogens is 1. The number of carbonyl (C=O) groups is 1. The van der Waals surface area contributed by atoms with E-state index in [9.17, 15) is 4.79 Å². The number of rotatable bonds is 8. The van der Waals surface area contributed by atoms with Crippen LogP contribution in [0.5, 0.6) is 0 Å². The molecule has 0 saturated heterocycles. The molecule has 0 bridgehead atoms. The summed E-state index contributed by atoms with van der Waals surface area (Å²) in [6, 6.07) is 7.48. The van der Waals surface area contributed by atoms with Crippen molar-refractivity contribution >= 4 is 17.5 Å². The van der Waals surface area contributed by atoms with Gasteiger partial charge in [-0.25, -0.2) is 4.98 Å². The number of unbranched alkanes of at least 4 members (excludes halogenated alkanes) is 1. The lowest BCUT2D eigenvalue weighted by Gasteiger charge is -2.20. The predicted molar refractivity (Wildman–Crippen MR) is 92.4 cm³/mol. The minimum absolute atomic E-state index is 0.151. The van der Waals surface area contributed by atoms with Crippen molar-refractivity contribution in [1.82, 2.24) is 9.88 Å². The highest BCUT2D eigenvalue weighted by atomic mass is 35.5. The zero-order valence-corrected chi connectivity index (χ0v) is 14.5. The molecule has 23 heavy (non-hydrogen) atoms. The average molecular weight is 335 g/mol. The van der Waals surface area contributed by atoms with Gasteiger partial charge in [0.15, 0.2) is 11.7 Å². The van der Waals surface area contributed by atoms with Crippen LogP contribution >= 0.6 is 11.6 Å². The molecular weight excluding hydrogens is 312 g/mol.